The van der Waals surface area contributed by atoms with Gasteiger partial charge in [-0.2, -0.15) is 0 Å². The first-order valence-corrected chi connectivity index (χ1v) is 7.67. The Morgan fingerprint density at radius 2 is 1.59 bits per heavy atom. The van der Waals surface area contributed by atoms with E-state index >= 15 is 0 Å². The summed E-state index contributed by atoms with van der Waals surface area (Å²) in [5.41, 5.74) is 3.57. The molecule has 22 heavy (non-hydrogen) atoms. The van der Waals surface area contributed by atoms with Gasteiger partial charge in [0.05, 0.1) is 6.61 Å². The fourth-order valence-corrected chi connectivity index (χ4v) is 2.50. The van der Waals surface area contributed by atoms with Gasteiger partial charge in [0.2, 0.25) is 5.91 Å². The molecular formula is C19H23NO2. The SMILES string of the molecule is CCOc1ccc(-c2ccc(C[C@H](C)NC(C)=O)cc2)cc1. The van der Waals surface area contributed by atoms with Crippen molar-refractivity contribution in [1.29, 1.82) is 0 Å². The minimum absolute atomic E-state index is 0.0125. The topological polar surface area (TPSA) is 38.3 Å². The third-order valence-corrected chi connectivity index (χ3v) is 3.44. The van der Waals surface area contributed by atoms with Gasteiger partial charge < -0.3 is 10.1 Å². The van der Waals surface area contributed by atoms with Crippen LogP contribution in [0.1, 0.15) is 26.3 Å². The summed E-state index contributed by atoms with van der Waals surface area (Å²) in [5, 5.41) is 2.90. The van der Waals surface area contributed by atoms with E-state index in [0.29, 0.717) is 6.61 Å². The summed E-state index contributed by atoms with van der Waals surface area (Å²) >= 11 is 0. The predicted molar refractivity (Wildman–Crippen MR) is 90.0 cm³/mol. The van der Waals surface area contributed by atoms with Crippen LogP contribution in [0.3, 0.4) is 0 Å². The second-order valence-electron chi connectivity index (χ2n) is 5.46. The maximum atomic E-state index is 11.0. The maximum Gasteiger partial charge on any atom is 0.217 e. The molecule has 116 valence electrons. The van der Waals surface area contributed by atoms with Crippen LogP contribution in [-0.4, -0.2) is 18.6 Å². The van der Waals surface area contributed by atoms with Gasteiger partial charge in [0.15, 0.2) is 0 Å². The molecule has 1 amide bonds. The Bertz CT molecular complexity index is 602. The number of nitrogens with one attached hydrogen (secondary N) is 1. The van der Waals surface area contributed by atoms with E-state index < -0.39 is 0 Å². The quantitative estimate of drug-likeness (QED) is 0.880. The number of benzene rings is 2. The Morgan fingerprint density at radius 1 is 1.05 bits per heavy atom. The minimum Gasteiger partial charge on any atom is -0.494 e. The molecule has 0 saturated heterocycles. The third-order valence-electron chi connectivity index (χ3n) is 3.44. The van der Waals surface area contributed by atoms with Gasteiger partial charge in [0.25, 0.3) is 0 Å². The van der Waals surface area contributed by atoms with Crippen molar-refractivity contribution < 1.29 is 9.53 Å². The summed E-state index contributed by atoms with van der Waals surface area (Å²) in [6.45, 7) is 6.22. The molecule has 2 rings (SSSR count). The molecule has 3 nitrogen and oxygen atoms in total. The van der Waals surface area contributed by atoms with Crippen LogP contribution in [-0.2, 0) is 11.2 Å². The van der Waals surface area contributed by atoms with Gasteiger partial charge in [-0.3, -0.25) is 4.79 Å². The number of carbonyl (C=O) groups excluding carboxylic acids is 1. The molecule has 0 saturated carbocycles. The number of rotatable bonds is 6. The van der Waals surface area contributed by atoms with E-state index in [2.05, 4.69) is 41.7 Å². The number of ether oxygens (including phenoxy) is 1. The monoisotopic (exact) mass is 297 g/mol. The van der Waals surface area contributed by atoms with Gasteiger partial charge in [0, 0.05) is 13.0 Å². The van der Waals surface area contributed by atoms with Crippen LogP contribution < -0.4 is 10.1 Å². The first-order valence-electron chi connectivity index (χ1n) is 7.67. The van der Waals surface area contributed by atoms with Gasteiger partial charge >= 0.3 is 0 Å². The second-order valence-corrected chi connectivity index (χ2v) is 5.46. The van der Waals surface area contributed by atoms with Gasteiger partial charge in [0.1, 0.15) is 5.75 Å². The molecule has 0 aromatic heterocycles. The number of amides is 1. The molecule has 0 unspecified atom stereocenters. The standard InChI is InChI=1S/C19H23NO2/c1-4-22-19-11-9-18(10-12-19)17-7-5-16(6-8-17)13-14(2)20-15(3)21/h5-12,14H,4,13H2,1-3H3,(H,20,21)/t14-/m0/s1. The highest BCUT2D eigenvalue weighted by Crippen LogP contribution is 2.23. The highest BCUT2D eigenvalue weighted by molar-refractivity contribution is 5.73. The maximum absolute atomic E-state index is 11.0. The van der Waals surface area contributed by atoms with Crippen LogP contribution >= 0.6 is 0 Å². The molecule has 3 heteroatoms. The zero-order valence-corrected chi connectivity index (χ0v) is 13.4. The van der Waals surface area contributed by atoms with Crippen LogP contribution in [0, 0.1) is 0 Å². The first kappa shape index (κ1) is 16.1. The van der Waals surface area contributed by atoms with Crippen molar-refractivity contribution in [3.63, 3.8) is 0 Å². The fraction of sp³-hybridized carbons (Fsp3) is 0.316. The predicted octanol–water partition coefficient (Wildman–Crippen LogP) is 3.82. The first-order chi connectivity index (χ1) is 10.6. The van der Waals surface area contributed by atoms with E-state index in [1.54, 1.807) is 6.92 Å². The fourth-order valence-electron chi connectivity index (χ4n) is 2.50. The summed E-state index contributed by atoms with van der Waals surface area (Å²) < 4.78 is 5.46. The molecule has 1 atom stereocenters. The summed E-state index contributed by atoms with van der Waals surface area (Å²) in [4.78, 5) is 11.0. The molecule has 0 fully saturated rings. The average molecular weight is 297 g/mol. The molecule has 2 aromatic carbocycles. The Morgan fingerprint density at radius 3 is 2.09 bits per heavy atom. The lowest BCUT2D eigenvalue weighted by atomic mass is 10.0. The number of hydrogen-bond donors (Lipinski definition) is 1. The van der Waals surface area contributed by atoms with Crippen molar-refractivity contribution >= 4 is 5.91 Å². The normalized spacial score (nSPS) is 11.8. The van der Waals surface area contributed by atoms with E-state index in [9.17, 15) is 4.79 Å². The number of carbonyl (C=O) groups is 1. The van der Waals surface area contributed by atoms with Crippen molar-refractivity contribution in [2.45, 2.75) is 33.2 Å². The van der Waals surface area contributed by atoms with Crippen molar-refractivity contribution in [3.8, 4) is 16.9 Å². The Hall–Kier alpha value is -2.29. The summed E-state index contributed by atoms with van der Waals surface area (Å²) in [6, 6.07) is 16.7. The van der Waals surface area contributed by atoms with Crippen molar-refractivity contribution in [2.24, 2.45) is 0 Å². The lowest BCUT2D eigenvalue weighted by Crippen LogP contribution is -2.31. The highest BCUT2D eigenvalue weighted by atomic mass is 16.5. The van der Waals surface area contributed by atoms with Gasteiger partial charge in [-0.05, 0) is 49.1 Å². The molecule has 0 aliphatic heterocycles. The van der Waals surface area contributed by atoms with Crippen LogP contribution in [0.2, 0.25) is 0 Å². The highest BCUT2D eigenvalue weighted by Gasteiger charge is 2.05. The summed E-state index contributed by atoms with van der Waals surface area (Å²) in [6.07, 6.45) is 0.836. The summed E-state index contributed by atoms with van der Waals surface area (Å²) in [5.74, 6) is 0.908. The zero-order valence-electron chi connectivity index (χ0n) is 13.4. The molecule has 0 heterocycles. The van der Waals surface area contributed by atoms with Crippen LogP contribution in [0.5, 0.6) is 5.75 Å². The third kappa shape index (κ3) is 4.62. The van der Waals surface area contributed by atoms with E-state index in [1.165, 1.54) is 16.7 Å². The van der Waals surface area contributed by atoms with Gasteiger partial charge in [-0.15, -0.1) is 0 Å². The van der Waals surface area contributed by atoms with Crippen molar-refractivity contribution in [3.05, 3.63) is 54.1 Å². The smallest absolute Gasteiger partial charge is 0.217 e. The van der Waals surface area contributed by atoms with Gasteiger partial charge in [-0.1, -0.05) is 36.4 Å². The van der Waals surface area contributed by atoms with Crippen LogP contribution in [0.4, 0.5) is 0 Å². The van der Waals surface area contributed by atoms with Crippen LogP contribution in [0.25, 0.3) is 11.1 Å². The van der Waals surface area contributed by atoms with Crippen molar-refractivity contribution in [1.82, 2.24) is 5.32 Å². The van der Waals surface area contributed by atoms with Gasteiger partial charge in [-0.25, -0.2) is 0 Å². The minimum atomic E-state index is 0.0125. The average Bonchev–Trinajstić information content (AvgIpc) is 2.48. The lowest BCUT2D eigenvalue weighted by molar-refractivity contribution is -0.119. The van der Waals surface area contributed by atoms with Crippen molar-refractivity contribution in [2.75, 3.05) is 6.61 Å². The molecule has 0 bridgehead atoms. The van der Waals surface area contributed by atoms with E-state index in [0.717, 1.165) is 12.2 Å². The Labute approximate surface area is 132 Å². The summed E-state index contributed by atoms with van der Waals surface area (Å²) in [7, 11) is 0. The Kier molecular flexibility index (Phi) is 5.59. The molecule has 0 spiro atoms. The molecule has 0 aliphatic carbocycles. The number of hydrogen-bond acceptors (Lipinski definition) is 2. The lowest BCUT2D eigenvalue weighted by Gasteiger charge is -2.12. The second kappa shape index (κ2) is 7.64. The van der Waals surface area contributed by atoms with E-state index in [1.807, 2.05) is 26.0 Å². The Balaban J connectivity index is 2.03. The molecule has 1 N–H and O–H groups in total. The molecule has 0 aliphatic rings. The zero-order chi connectivity index (χ0) is 15.9. The molecule has 2 aromatic rings. The largest absolute Gasteiger partial charge is 0.494 e. The van der Waals surface area contributed by atoms with Crippen LogP contribution in [0.15, 0.2) is 48.5 Å². The molecular weight excluding hydrogens is 274 g/mol. The van der Waals surface area contributed by atoms with E-state index in [4.69, 9.17) is 4.74 Å². The molecule has 0 radical (unpaired) electrons. The van der Waals surface area contributed by atoms with E-state index in [-0.39, 0.29) is 11.9 Å².